The molecule has 3 heterocycles. The van der Waals surface area contributed by atoms with Gasteiger partial charge in [-0.2, -0.15) is 13.2 Å². The highest BCUT2D eigenvalue weighted by Gasteiger charge is 2.30. The predicted molar refractivity (Wildman–Crippen MR) is 184 cm³/mol. The predicted octanol–water partition coefficient (Wildman–Crippen LogP) is 7.99. The topological polar surface area (TPSA) is 75.1 Å². The molecule has 7 nitrogen and oxygen atoms in total. The molecule has 0 aliphatic carbocycles. The van der Waals surface area contributed by atoms with Crippen molar-refractivity contribution in [3.05, 3.63) is 87.9 Å². The van der Waals surface area contributed by atoms with Crippen molar-refractivity contribution in [2.75, 3.05) is 43.4 Å². The Bertz CT molecular complexity index is 1680. The molecule has 0 atom stereocenters. The van der Waals surface area contributed by atoms with E-state index in [0.29, 0.717) is 22.9 Å². The van der Waals surface area contributed by atoms with Crippen molar-refractivity contribution in [3.8, 4) is 22.1 Å². The number of aromatic nitrogens is 1. The van der Waals surface area contributed by atoms with Crippen LogP contribution in [0, 0.1) is 6.92 Å². The number of benzene rings is 3. The van der Waals surface area contributed by atoms with Gasteiger partial charge in [-0.25, -0.2) is 4.98 Å². The number of nitrogens with zero attached hydrogens (tertiary/aromatic N) is 3. The Labute approximate surface area is 291 Å². The van der Waals surface area contributed by atoms with Gasteiger partial charge in [0.25, 0.3) is 0 Å². The van der Waals surface area contributed by atoms with Gasteiger partial charge in [-0.1, -0.05) is 12.1 Å². The molecular weight excluding hydrogens is 694 g/mol. The van der Waals surface area contributed by atoms with E-state index in [4.69, 9.17) is 19.6 Å². The van der Waals surface area contributed by atoms with Gasteiger partial charge in [-0.05, 0) is 66.6 Å². The standard InChI is InChI=1S/C33H32F3N3O4S2.2ClH/c1-21-16-26(7-9-29(21)44-20-31(40)41)43-19-30-27(37-32(45-30)22-2-4-24(5-3-22)33(34,35)36)18-38-11-13-39(14-12-38)25-6-8-28-23(17-25)10-15-42-28;;/h2-9,16-17H,10-15,18-20H2,1H3,(H,40,41);2*1H. The van der Waals surface area contributed by atoms with Crippen molar-refractivity contribution in [1.29, 1.82) is 0 Å². The number of thiazole rings is 1. The lowest BCUT2D eigenvalue weighted by molar-refractivity contribution is -0.137. The Kier molecular flexibility index (Phi) is 12.3. The fourth-order valence-electron chi connectivity index (χ4n) is 5.45. The third-order valence-electron chi connectivity index (χ3n) is 7.89. The molecule has 14 heteroatoms. The average Bonchev–Trinajstić information content (AvgIpc) is 3.66. The van der Waals surface area contributed by atoms with Crippen molar-refractivity contribution in [2.24, 2.45) is 0 Å². The number of thioether (sulfide) groups is 1. The SMILES string of the molecule is Cc1cc(OCc2sc(-c3ccc(C(F)(F)F)cc3)nc2CN2CCN(c3ccc4c(c3)CCO4)CC2)ccc1SCC(=O)O.Cl.Cl. The highest BCUT2D eigenvalue weighted by atomic mass is 35.5. The molecule has 1 saturated heterocycles. The van der Waals surface area contributed by atoms with Crippen molar-refractivity contribution < 1.29 is 32.5 Å². The molecule has 3 aromatic carbocycles. The van der Waals surface area contributed by atoms with Crippen LogP contribution in [0.3, 0.4) is 0 Å². The Morgan fingerprint density at radius 3 is 2.47 bits per heavy atom. The summed E-state index contributed by atoms with van der Waals surface area (Å²) in [5, 5.41) is 9.64. The van der Waals surface area contributed by atoms with E-state index >= 15 is 0 Å². The first kappa shape index (κ1) is 36.7. The Morgan fingerprint density at radius 1 is 1.04 bits per heavy atom. The van der Waals surface area contributed by atoms with Gasteiger partial charge < -0.3 is 19.5 Å². The van der Waals surface area contributed by atoms with Gasteiger partial charge in [-0.15, -0.1) is 47.9 Å². The number of ether oxygens (including phenoxy) is 2. The van der Waals surface area contributed by atoms with Gasteiger partial charge >= 0.3 is 12.1 Å². The second-order valence-corrected chi connectivity index (χ2v) is 13.1. The summed E-state index contributed by atoms with van der Waals surface area (Å²) in [6, 6.07) is 17.1. The summed E-state index contributed by atoms with van der Waals surface area (Å²) in [5.41, 5.74) is 4.16. The number of carboxylic acids is 1. The third kappa shape index (κ3) is 9.05. The highest BCUT2D eigenvalue weighted by molar-refractivity contribution is 8.00. The minimum atomic E-state index is -4.40. The first-order valence-corrected chi connectivity index (χ1v) is 16.4. The smallest absolute Gasteiger partial charge is 0.416 e. The van der Waals surface area contributed by atoms with Gasteiger partial charge in [0.1, 0.15) is 23.1 Å². The van der Waals surface area contributed by atoms with E-state index in [9.17, 15) is 18.0 Å². The van der Waals surface area contributed by atoms with E-state index in [-0.39, 0.29) is 37.2 Å². The zero-order valence-corrected chi connectivity index (χ0v) is 28.7. The molecule has 2 aliphatic heterocycles. The molecule has 4 aromatic rings. The number of aryl methyl sites for hydroxylation is 1. The van der Waals surface area contributed by atoms with Crippen LogP contribution < -0.4 is 14.4 Å². The fourth-order valence-corrected chi connectivity index (χ4v) is 7.17. The lowest BCUT2D eigenvalue weighted by atomic mass is 10.1. The summed E-state index contributed by atoms with van der Waals surface area (Å²) >= 11 is 2.68. The van der Waals surface area contributed by atoms with Crippen LogP contribution in [0.25, 0.3) is 10.6 Å². The lowest BCUT2D eigenvalue weighted by Crippen LogP contribution is -2.46. The number of carboxylic acid groups (broad SMARTS) is 1. The van der Waals surface area contributed by atoms with E-state index < -0.39 is 17.7 Å². The van der Waals surface area contributed by atoms with Crippen LogP contribution in [0.4, 0.5) is 18.9 Å². The molecule has 0 amide bonds. The van der Waals surface area contributed by atoms with Crippen LogP contribution in [0.5, 0.6) is 11.5 Å². The van der Waals surface area contributed by atoms with E-state index in [0.717, 1.165) is 78.1 Å². The third-order valence-corrected chi connectivity index (χ3v) is 10.2. The molecule has 47 heavy (non-hydrogen) atoms. The summed E-state index contributed by atoms with van der Waals surface area (Å²) in [7, 11) is 0. The first-order valence-electron chi connectivity index (χ1n) is 14.6. The second kappa shape index (κ2) is 15.8. The number of anilines is 1. The van der Waals surface area contributed by atoms with E-state index in [1.165, 1.54) is 46.5 Å². The Balaban J connectivity index is 0.00000250. The summed E-state index contributed by atoms with van der Waals surface area (Å²) in [6.45, 7) is 6.92. The maximum absolute atomic E-state index is 13.2. The largest absolute Gasteiger partial charge is 0.493 e. The quantitative estimate of drug-likeness (QED) is 0.165. The molecule has 1 N–H and O–H groups in total. The number of fused-ring (bicyclic) bond motifs is 1. The lowest BCUT2D eigenvalue weighted by Gasteiger charge is -2.36. The van der Waals surface area contributed by atoms with Gasteiger partial charge in [0.05, 0.1) is 28.5 Å². The number of aliphatic carboxylic acids is 1. The number of hydrogen-bond acceptors (Lipinski definition) is 8. The Hall–Kier alpha value is -3.16. The summed E-state index contributed by atoms with van der Waals surface area (Å²) in [5.74, 6) is 0.730. The molecule has 0 unspecified atom stereocenters. The van der Waals surface area contributed by atoms with Crippen molar-refractivity contribution in [3.63, 3.8) is 0 Å². The van der Waals surface area contributed by atoms with Gasteiger partial charge in [-0.3, -0.25) is 9.69 Å². The molecule has 0 bridgehead atoms. The first-order chi connectivity index (χ1) is 21.6. The molecule has 1 fully saturated rings. The van der Waals surface area contributed by atoms with Gasteiger partial charge in [0.15, 0.2) is 0 Å². The molecule has 0 radical (unpaired) electrons. The van der Waals surface area contributed by atoms with Crippen LogP contribution >= 0.6 is 47.9 Å². The molecule has 2 aliphatic rings. The van der Waals surface area contributed by atoms with E-state index in [1.54, 1.807) is 0 Å². The molecular formula is C33H34Cl2F3N3O4S2. The van der Waals surface area contributed by atoms with E-state index in [2.05, 4.69) is 28.0 Å². The van der Waals surface area contributed by atoms with Gasteiger partial charge in [0.2, 0.25) is 0 Å². The molecule has 1 aromatic heterocycles. The maximum atomic E-state index is 13.2. The van der Waals surface area contributed by atoms with Gasteiger partial charge in [0, 0.05) is 55.3 Å². The summed E-state index contributed by atoms with van der Waals surface area (Å²) in [6.07, 6.45) is -3.46. The van der Waals surface area contributed by atoms with E-state index in [1.807, 2.05) is 25.1 Å². The average molecular weight is 729 g/mol. The maximum Gasteiger partial charge on any atom is 0.416 e. The zero-order chi connectivity index (χ0) is 31.6. The van der Waals surface area contributed by atoms with Crippen molar-refractivity contribution >= 4 is 59.6 Å². The minimum Gasteiger partial charge on any atom is -0.493 e. The molecule has 0 saturated carbocycles. The number of piperazine rings is 1. The van der Waals surface area contributed by atoms with Crippen LogP contribution in [-0.4, -0.2) is 59.5 Å². The van der Waals surface area contributed by atoms with Crippen molar-refractivity contribution in [1.82, 2.24) is 9.88 Å². The number of halogens is 5. The number of carbonyl (C=O) groups is 1. The normalized spacial score (nSPS) is 14.5. The van der Waals surface area contributed by atoms with Crippen LogP contribution in [0.15, 0.2) is 65.6 Å². The number of alkyl halides is 3. The van der Waals surface area contributed by atoms with Crippen molar-refractivity contribution in [2.45, 2.75) is 37.6 Å². The number of hydrogen-bond donors (Lipinski definition) is 1. The zero-order valence-electron chi connectivity index (χ0n) is 25.4. The second-order valence-electron chi connectivity index (χ2n) is 11.0. The molecule has 252 valence electrons. The highest BCUT2D eigenvalue weighted by Crippen LogP contribution is 2.35. The number of rotatable bonds is 10. The minimum absolute atomic E-state index is 0. The van der Waals surface area contributed by atoms with Crippen LogP contribution in [0.1, 0.15) is 27.3 Å². The monoisotopic (exact) mass is 727 g/mol. The molecule has 0 spiro atoms. The van der Waals surface area contributed by atoms with Crippen LogP contribution in [0.2, 0.25) is 0 Å². The molecule has 6 rings (SSSR count). The summed E-state index contributed by atoms with van der Waals surface area (Å²) < 4.78 is 51.3. The Morgan fingerprint density at radius 2 is 1.79 bits per heavy atom. The fraction of sp³-hybridized carbons (Fsp3) is 0.333. The van der Waals surface area contributed by atoms with Crippen LogP contribution in [-0.2, 0) is 30.5 Å². The summed E-state index contributed by atoms with van der Waals surface area (Å²) in [4.78, 5) is 22.4.